The van der Waals surface area contributed by atoms with Gasteiger partial charge in [-0.1, -0.05) is 24.3 Å². The molecule has 0 aliphatic rings. The number of ether oxygens (including phenoxy) is 2. The predicted octanol–water partition coefficient (Wildman–Crippen LogP) is 3.33. The molecule has 1 aromatic rings. The lowest BCUT2D eigenvalue weighted by atomic mass is 10.1. The summed E-state index contributed by atoms with van der Waals surface area (Å²) >= 11 is 0. The average Bonchev–Trinajstić information content (AvgIpc) is 2.37. The van der Waals surface area contributed by atoms with Gasteiger partial charge in [0.1, 0.15) is 5.60 Å². The fourth-order valence-electron chi connectivity index (χ4n) is 1.59. The largest absolute Gasteiger partial charge is 0.504 e. The van der Waals surface area contributed by atoms with Gasteiger partial charge in [-0.05, 0) is 33.8 Å². The van der Waals surface area contributed by atoms with Gasteiger partial charge >= 0.3 is 6.09 Å². The van der Waals surface area contributed by atoms with Gasteiger partial charge in [0.05, 0.1) is 6.61 Å². The maximum Gasteiger partial charge on any atom is 0.407 e. The Labute approximate surface area is 125 Å². The van der Waals surface area contributed by atoms with E-state index in [1.54, 1.807) is 51.1 Å². The number of hydrogen-bond acceptors (Lipinski definition) is 4. The molecule has 0 radical (unpaired) electrons. The van der Waals surface area contributed by atoms with E-state index in [2.05, 4.69) is 5.32 Å². The fourth-order valence-corrected chi connectivity index (χ4v) is 1.59. The molecule has 116 valence electrons. The van der Waals surface area contributed by atoms with Gasteiger partial charge in [-0.2, -0.15) is 0 Å². The lowest BCUT2D eigenvalue weighted by Crippen LogP contribution is -2.32. The number of para-hydroxylation sites is 1. The van der Waals surface area contributed by atoms with Gasteiger partial charge < -0.3 is 19.9 Å². The van der Waals surface area contributed by atoms with E-state index >= 15 is 0 Å². The maximum atomic E-state index is 11.4. The highest BCUT2D eigenvalue weighted by Crippen LogP contribution is 2.30. The molecule has 1 rings (SSSR count). The second-order valence-electron chi connectivity index (χ2n) is 5.41. The summed E-state index contributed by atoms with van der Waals surface area (Å²) in [6, 6.07) is 5.27. The summed E-state index contributed by atoms with van der Waals surface area (Å²) in [6.07, 6.45) is 2.98. The van der Waals surface area contributed by atoms with Crippen molar-refractivity contribution in [3.8, 4) is 11.5 Å². The van der Waals surface area contributed by atoms with Crippen LogP contribution in [0.3, 0.4) is 0 Å². The number of phenolic OH excluding ortho intramolecular Hbond substituents is 1. The van der Waals surface area contributed by atoms with Crippen LogP contribution in [0.5, 0.6) is 11.5 Å². The van der Waals surface area contributed by atoms with Crippen molar-refractivity contribution in [1.29, 1.82) is 0 Å². The minimum Gasteiger partial charge on any atom is -0.504 e. The number of rotatable bonds is 5. The Morgan fingerprint density at radius 1 is 1.38 bits per heavy atom. The van der Waals surface area contributed by atoms with E-state index in [0.717, 1.165) is 0 Å². The van der Waals surface area contributed by atoms with Crippen LogP contribution in [-0.4, -0.2) is 30.0 Å². The molecule has 0 spiro atoms. The number of amides is 1. The quantitative estimate of drug-likeness (QED) is 0.873. The molecule has 1 aromatic carbocycles. The number of benzene rings is 1. The van der Waals surface area contributed by atoms with Gasteiger partial charge in [0.2, 0.25) is 0 Å². The number of carbonyl (C=O) groups is 1. The van der Waals surface area contributed by atoms with Crippen LogP contribution in [-0.2, 0) is 4.74 Å². The van der Waals surface area contributed by atoms with E-state index in [1.165, 1.54) is 0 Å². The summed E-state index contributed by atoms with van der Waals surface area (Å²) in [7, 11) is 0. The second kappa shape index (κ2) is 7.57. The topological polar surface area (TPSA) is 67.8 Å². The van der Waals surface area contributed by atoms with Crippen molar-refractivity contribution in [2.45, 2.75) is 33.3 Å². The Kier molecular flexibility index (Phi) is 6.09. The van der Waals surface area contributed by atoms with E-state index in [9.17, 15) is 9.90 Å². The smallest absolute Gasteiger partial charge is 0.407 e. The number of alkyl carbamates (subject to hydrolysis) is 1. The van der Waals surface area contributed by atoms with Gasteiger partial charge in [-0.25, -0.2) is 4.79 Å². The monoisotopic (exact) mass is 293 g/mol. The molecule has 0 aliphatic carbocycles. The number of hydrogen-bond donors (Lipinski definition) is 2. The first kappa shape index (κ1) is 16.9. The summed E-state index contributed by atoms with van der Waals surface area (Å²) in [5.41, 5.74) is 0.115. The summed E-state index contributed by atoms with van der Waals surface area (Å²) in [5.74, 6) is 0.535. The first-order valence-electron chi connectivity index (χ1n) is 6.91. The number of carbonyl (C=O) groups excluding carboxylic acids is 1. The molecule has 5 heteroatoms. The van der Waals surface area contributed by atoms with Crippen LogP contribution in [0.1, 0.15) is 33.3 Å². The van der Waals surface area contributed by atoms with Crippen molar-refractivity contribution in [3.05, 3.63) is 29.8 Å². The van der Waals surface area contributed by atoms with Crippen LogP contribution in [0.4, 0.5) is 4.79 Å². The van der Waals surface area contributed by atoms with Gasteiger partial charge in [-0.3, -0.25) is 0 Å². The van der Waals surface area contributed by atoms with E-state index in [1.807, 2.05) is 6.92 Å². The Bertz CT molecular complexity index is 503. The fraction of sp³-hybridized carbons (Fsp3) is 0.438. The predicted molar refractivity (Wildman–Crippen MR) is 82.5 cm³/mol. The molecular weight excluding hydrogens is 270 g/mol. The average molecular weight is 293 g/mol. The highest BCUT2D eigenvalue weighted by molar-refractivity contribution is 5.68. The highest BCUT2D eigenvalue weighted by Gasteiger charge is 2.15. The van der Waals surface area contributed by atoms with Crippen molar-refractivity contribution < 1.29 is 19.4 Å². The zero-order valence-corrected chi connectivity index (χ0v) is 13.0. The van der Waals surface area contributed by atoms with E-state index in [4.69, 9.17) is 9.47 Å². The van der Waals surface area contributed by atoms with Crippen LogP contribution in [0.25, 0.3) is 6.08 Å². The minimum absolute atomic E-state index is 0.0906. The third-order valence-electron chi connectivity index (χ3n) is 2.39. The summed E-state index contributed by atoms with van der Waals surface area (Å²) in [5, 5.41) is 12.6. The molecule has 0 bridgehead atoms. The van der Waals surface area contributed by atoms with Gasteiger partial charge in [0.15, 0.2) is 11.5 Å². The molecule has 0 aromatic heterocycles. The van der Waals surface area contributed by atoms with Crippen LogP contribution in [0.2, 0.25) is 0 Å². The molecular formula is C16H23NO4. The standard InChI is InChI=1S/C16H23NO4/c1-5-20-13-10-6-8-12(14(13)18)9-7-11-17-15(19)21-16(2,3)4/h6-10,18H,5,11H2,1-4H3,(H,17,19). The minimum atomic E-state index is -0.516. The molecule has 0 heterocycles. The molecule has 0 saturated heterocycles. The third kappa shape index (κ3) is 6.21. The molecule has 0 fully saturated rings. The van der Waals surface area contributed by atoms with Gasteiger partial charge in [0, 0.05) is 12.1 Å². The van der Waals surface area contributed by atoms with E-state index in [-0.39, 0.29) is 5.75 Å². The summed E-state index contributed by atoms with van der Waals surface area (Å²) in [6.45, 7) is 8.07. The van der Waals surface area contributed by atoms with Gasteiger partial charge in [0.25, 0.3) is 0 Å². The Balaban J connectivity index is 2.54. The van der Waals surface area contributed by atoms with Gasteiger partial charge in [-0.15, -0.1) is 0 Å². The Morgan fingerprint density at radius 2 is 2.10 bits per heavy atom. The number of nitrogens with one attached hydrogen (secondary N) is 1. The lowest BCUT2D eigenvalue weighted by Gasteiger charge is -2.19. The zero-order chi connectivity index (χ0) is 15.9. The number of aromatic hydroxyl groups is 1. The maximum absolute atomic E-state index is 11.4. The third-order valence-corrected chi connectivity index (χ3v) is 2.39. The Hall–Kier alpha value is -2.17. The molecule has 0 aliphatic heterocycles. The molecule has 1 amide bonds. The second-order valence-corrected chi connectivity index (χ2v) is 5.41. The van der Waals surface area contributed by atoms with E-state index in [0.29, 0.717) is 24.5 Å². The van der Waals surface area contributed by atoms with Crippen molar-refractivity contribution in [3.63, 3.8) is 0 Å². The molecule has 0 atom stereocenters. The zero-order valence-electron chi connectivity index (χ0n) is 13.0. The van der Waals surface area contributed by atoms with Crippen LogP contribution in [0, 0.1) is 0 Å². The first-order chi connectivity index (χ1) is 9.83. The number of phenols is 1. The first-order valence-corrected chi connectivity index (χ1v) is 6.91. The summed E-state index contributed by atoms with van der Waals surface area (Å²) < 4.78 is 10.4. The molecule has 0 unspecified atom stereocenters. The van der Waals surface area contributed by atoms with Crippen LogP contribution in [0.15, 0.2) is 24.3 Å². The normalized spacial score (nSPS) is 11.4. The SMILES string of the molecule is CCOc1cccc(C=CCNC(=O)OC(C)(C)C)c1O. The molecule has 5 nitrogen and oxygen atoms in total. The van der Waals surface area contributed by atoms with Crippen LogP contribution < -0.4 is 10.1 Å². The van der Waals surface area contributed by atoms with Crippen molar-refractivity contribution >= 4 is 12.2 Å². The molecule has 2 N–H and O–H groups in total. The molecule has 0 saturated carbocycles. The Morgan fingerprint density at radius 3 is 2.71 bits per heavy atom. The van der Waals surface area contributed by atoms with Crippen molar-refractivity contribution in [2.24, 2.45) is 0 Å². The highest BCUT2D eigenvalue weighted by atomic mass is 16.6. The van der Waals surface area contributed by atoms with Crippen molar-refractivity contribution in [2.75, 3.05) is 13.2 Å². The van der Waals surface area contributed by atoms with Crippen molar-refractivity contribution in [1.82, 2.24) is 5.32 Å². The van der Waals surface area contributed by atoms with Crippen LogP contribution >= 0.6 is 0 Å². The lowest BCUT2D eigenvalue weighted by molar-refractivity contribution is 0.0534. The van der Waals surface area contributed by atoms with E-state index < -0.39 is 11.7 Å². The summed E-state index contributed by atoms with van der Waals surface area (Å²) in [4.78, 5) is 11.4. The molecule has 21 heavy (non-hydrogen) atoms.